The van der Waals surface area contributed by atoms with Crippen molar-refractivity contribution in [2.45, 2.75) is 6.42 Å². The Morgan fingerprint density at radius 1 is 1.11 bits per heavy atom. The van der Waals surface area contributed by atoms with Crippen LogP contribution >= 0.6 is 22.9 Å². The first-order valence-corrected chi connectivity index (χ1v) is 9.29. The first kappa shape index (κ1) is 18.9. The molecule has 0 radical (unpaired) electrons. The number of carbonyl (C=O) groups is 2. The summed E-state index contributed by atoms with van der Waals surface area (Å²) < 4.78 is 5.10. The molecule has 0 aliphatic heterocycles. The Kier molecular flexibility index (Phi) is 6.05. The first-order chi connectivity index (χ1) is 13.0. The predicted molar refractivity (Wildman–Crippen MR) is 107 cm³/mol. The highest BCUT2D eigenvalue weighted by atomic mass is 35.5. The van der Waals surface area contributed by atoms with Gasteiger partial charge in [-0.3, -0.25) is 9.59 Å². The number of nitrogens with zero attached hydrogens (tertiary/aromatic N) is 1. The van der Waals surface area contributed by atoms with Crippen LogP contribution in [0.5, 0.6) is 5.75 Å². The topological polar surface area (TPSA) is 80.3 Å². The summed E-state index contributed by atoms with van der Waals surface area (Å²) in [5, 5.41) is 7.69. The molecule has 2 aromatic carbocycles. The summed E-state index contributed by atoms with van der Waals surface area (Å²) in [5.74, 6) is 0.121. The molecule has 138 valence electrons. The van der Waals surface area contributed by atoms with Gasteiger partial charge in [-0.1, -0.05) is 17.7 Å². The third-order valence-corrected chi connectivity index (χ3v) is 4.55. The highest BCUT2D eigenvalue weighted by Gasteiger charge is 2.09. The fraction of sp³-hybridized carbons (Fsp3) is 0.105. The van der Waals surface area contributed by atoms with Gasteiger partial charge in [0, 0.05) is 16.8 Å². The van der Waals surface area contributed by atoms with Gasteiger partial charge in [0.15, 0.2) is 0 Å². The Hall–Kier alpha value is -2.90. The van der Waals surface area contributed by atoms with Gasteiger partial charge in [-0.2, -0.15) is 0 Å². The molecule has 0 atom stereocenters. The number of anilines is 2. The second-order valence-corrected chi connectivity index (χ2v) is 6.72. The quantitative estimate of drug-likeness (QED) is 0.647. The number of hydrogen-bond acceptors (Lipinski definition) is 5. The number of nitrogens with one attached hydrogen (secondary N) is 2. The van der Waals surface area contributed by atoms with Gasteiger partial charge in [0.25, 0.3) is 5.91 Å². The van der Waals surface area contributed by atoms with E-state index in [1.54, 1.807) is 53.4 Å². The van der Waals surface area contributed by atoms with Crippen LogP contribution in [0.2, 0.25) is 5.02 Å². The average Bonchev–Trinajstić information content (AvgIpc) is 3.18. The maximum atomic E-state index is 12.2. The zero-order chi connectivity index (χ0) is 19.2. The number of carbonyl (C=O) groups excluding carboxylic acids is 2. The van der Waals surface area contributed by atoms with Crippen molar-refractivity contribution in [2.75, 3.05) is 17.7 Å². The number of amides is 2. The SMILES string of the molecule is COc1ccc(CC(=O)Nc2ccc(NC(=O)c3cscn3)cc2)cc1Cl. The molecule has 0 saturated carbocycles. The molecule has 3 aromatic rings. The van der Waals surface area contributed by atoms with Gasteiger partial charge in [0.05, 0.1) is 24.1 Å². The lowest BCUT2D eigenvalue weighted by atomic mass is 10.1. The summed E-state index contributed by atoms with van der Waals surface area (Å²) in [6.45, 7) is 0. The van der Waals surface area contributed by atoms with E-state index in [1.165, 1.54) is 18.4 Å². The van der Waals surface area contributed by atoms with Crippen molar-refractivity contribution in [3.63, 3.8) is 0 Å². The molecule has 0 unspecified atom stereocenters. The summed E-state index contributed by atoms with van der Waals surface area (Å²) in [5.41, 5.74) is 4.00. The largest absolute Gasteiger partial charge is 0.495 e. The lowest BCUT2D eigenvalue weighted by Crippen LogP contribution is -2.15. The van der Waals surface area contributed by atoms with E-state index >= 15 is 0 Å². The van der Waals surface area contributed by atoms with Crippen molar-refractivity contribution in [1.29, 1.82) is 0 Å². The molecule has 0 saturated heterocycles. The molecule has 0 aliphatic rings. The van der Waals surface area contributed by atoms with E-state index in [2.05, 4.69) is 15.6 Å². The third kappa shape index (κ3) is 5.06. The molecule has 0 fully saturated rings. The van der Waals surface area contributed by atoms with Gasteiger partial charge in [0.1, 0.15) is 11.4 Å². The van der Waals surface area contributed by atoms with Crippen molar-refractivity contribution in [3.05, 3.63) is 69.6 Å². The van der Waals surface area contributed by atoms with Crippen LogP contribution in [-0.2, 0) is 11.2 Å². The summed E-state index contributed by atoms with van der Waals surface area (Å²) in [6, 6.07) is 12.1. The number of ether oxygens (including phenoxy) is 1. The van der Waals surface area contributed by atoms with E-state index < -0.39 is 0 Å². The second-order valence-electron chi connectivity index (χ2n) is 5.60. The molecular formula is C19H16ClN3O3S. The van der Waals surface area contributed by atoms with E-state index in [4.69, 9.17) is 16.3 Å². The maximum absolute atomic E-state index is 12.2. The standard InChI is InChI=1S/C19H16ClN3O3S/c1-26-17-7-2-12(8-15(17)20)9-18(24)22-13-3-5-14(6-4-13)23-19(25)16-10-27-11-21-16/h2-8,10-11H,9H2,1H3,(H,22,24)(H,23,25). The number of rotatable bonds is 6. The van der Waals surface area contributed by atoms with E-state index in [-0.39, 0.29) is 18.2 Å². The number of benzene rings is 2. The number of thiazole rings is 1. The lowest BCUT2D eigenvalue weighted by Gasteiger charge is -2.09. The Labute approximate surface area is 165 Å². The molecule has 0 bridgehead atoms. The molecule has 3 rings (SSSR count). The van der Waals surface area contributed by atoms with Crippen LogP contribution in [0.15, 0.2) is 53.4 Å². The van der Waals surface area contributed by atoms with Gasteiger partial charge in [-0.05, 0) is 42.0 Å². The molecule has 0 spiro atoms. The Bertz CT molecular complexity index is 943. The number of methoxy groups -OCH3 is 1. The summed E-state index contributed by atoms with van der Waals surface area (Å²) in [7, 11) is 1.54. The van der Waals surface area contributed by atoms with Crippen LogP contribution in [0.1, 0.15) is 16.1 Å². The van der Waals surface area contributed by atoms with Crippen LogP contribution in [0, 0.1) is 0 Å². The van der Waals surface area contributed by atoms with Crippen molar-refractivity contribution < 1.29 is 14.3 Å². The average molecular weight is 402 g/mol. The molecule has 27 heavy (non-hydrogen) atoms. The van der Waals surface area contributed by atoms with Crippen LogP contribution < -0.4 is 15.4 Å². The molecule has 2 N–H and O–H groups in total. The van der Waals surface area contributed by atoms with E-state index in [1.807, 2.05) is 0 Å². The van der Waals surface area contributed by atoms with Gasteiger partial charge in [-0.15, -0.1) is 11.3 Å². The molecule has 2 amide bonds. The Morgan fingerprint density at radius 2 is 1.81 bits per heavy atom. The van der Waals surface area contributed by atoms with Crippen molar-refractivity contribution in [2.24, 2.45) is 0 Å². The van der Waals surface area contributed by atoms with Gasteiger partial charge in [0.2, 0.25) is 5.91 Å². The third-order valence-electron chi connectivity index (χ3n) is 3.67. The van der Waals surface area contributed by atoms with Crippen LogP contribution in [0.4, 0.5) is 11.4 Å². The summed E-state index contributed by atoms with van der Waals surface area (Å²) in [6.07, 6.45) is 0.187. The molecule has 0 aliphatic carbocycles. The monoisotopic (exact) mass is 401 g/mol. The molecule has 8 heteroatoms. The molecule has 6 nitrogen and oxygen atoms in total. The van der Waals surface area contributed by atoms with Crippen molar-refractivity contribution in [3.8, 4) is 5.75 Å². The Morgan fingerprint density at radius 3 is 2.41 bits per heavy atom. The smallest absolute Gasteiger partial charge is 0.275 e. The number of hydrogen-bond donors (Lipinski definition) is 2. The summed E-state index contributed by atoms with van der Waals surface area (Å²) >= 11 is 7.43. The second kappa shape index (κ2) is 8.66. The Balaban J connectivity index is 1.57. The minimum absolute atomic E-state index is 0.171. The fourth-order valence-electron chi connectivity index (χ4n) is 2.37. The first-order valence-electron chi connectivity index (χ1n) is 7.97. The minimum atomic E-state index is -0.274. The van der Waals surface area contributed by atoms with Gasteiger partial charge < -0.3 is 15.4 Å². The van der Waals surface area contributed by atoms with Crippen molar-refractivity contribution in [1.82, 2.24) is 4.98 Å². The van der Waals surface area contributed by atoms with Crippen LogP contribution in [0.25, 0.3) is 0 Å². The highest BCUT2D eigenvalue weighted by molar-refractivity contribution is 7.07. The summed E-state index contributed by atoms with van der Waals surface area (Å²) in [4.78, 5) is 28.1. The van der Waals surface area contributed by atoms with Gasteiger partial charge >= 0.3 is 0 Å². The number of aromatic nitrogens is 1. The normalized spacial score (nSPS) is 10.3. The predicted octanol–water partition coefficient (Wildman–Crippen LogP) is 4.24. The molecular weight excluding hydrogens is 386 g/mol. The van der Waals surface area contributed by atoms with Crippen LogP contribution in [-0.4, -0.2) is 23.9 Å². The van der Waals surface area contributed by atoms with Gasteiger partial charge in [-0.25, -0.2) is 4.98 Å². The van der Waals surface area contributed by atoms with E-state index in [0.717, 1.165) is 5.56 Å². The molecule has 1 heterocycles. The molecule has 1 aromatic heterocycles. The van der Waals surface area contributed by atoms with E-state index in [9.17, 15) is 9.59 Å². The van der Waals surface area contributed by atoms with Crippen LogP contribution in [0.3, 0.4) is 0 Å². The zero-order valence-electron chi connectivity index (χ0n) is 14.4. The maximum Gasteiger partial charge on any atom is 0.275 e. The van der Waals surface area contributed by atoms with E-state index in [0.29, 0.717) is 27.8 Å². The highest BCUT2D eigenvalue weighted by Crippen LogP contribution is 2.25. The zero-order valence-corrected chi connectivity index (χ0v) is 15.9. The fourth-order valence-corrected chi connectivity index (χ4v) is 3.18. The number of halogens is 1. The lowest BCUT2D eigenvalue weighted by molar-refractivity contribution is -0.115. The van der Waals surface area contributed by atoms with Crippen molar-refractivity contribution >= 4 is 46.1 Å². The minimum Gasteiger partial charge on any atom is -0.495 e.